The molecule has 0 aliphatic carbocycles. The largest absolute Gasteiger partial charge is 0.508 e. The van der Waals surface area contributed by atoms with Gasteiger partial charge < -0.3 is 15.7 Å². The summed E-state index contributed by atoms with van der Waals surface area (Å²) in [5.41, 5.74) is 7.04. The standard InChI is InChI=1S/C11H15N3O/c1-14(6-2-5-12)8-9-7-10(13)3-4-11(9)15/h3-4,7,15H,2,6,8,13H2,1H3. The van der Waals surface area contributed by atoms with Gasteiger partial charge in [0, 0.05) is 30.8 Å². The Labute approximate surface area is 89.5 Å². The summed E-state index contributed by atoms with van der Waals surface area (Å²) in [5.74, 6) is 0.244. The first kappa shape index (κ1) is 11.3. The van der Waals surface area contributed by atoms with E-state index < -0.39 is 0 Å². The first-order valence-electron chi connectivity index (χ1n) is 4.76. The van der Waals surface area contributed by atoms with E-state index in [2.05, 4.69) is 6.07 Å². The number of phenolic OH excluding ortho intramolecular Hbond substituents is 1. The van der Waals surface area contributed by atoms with Crippen LogP contribution in [0.25, 0.3) is 0 Å². The van der Waals surface area contributed by atoms with Crippen LogP contribution in [0, 0.1) is 11.3 Å². The summed E-state index contributed by atoms with van der Waals surface area (Å²) in [5, 5.41) is 18.0. The van der Waals surface area contributed by atoms with Crippen LogP contribution >= 0.6 is 0 Å². The zero-order valence-electron chi connectivity index (χ0n) is 8.77. The highest BCUT2D eigenvalue weighted by atomic mass is 16.3. The van der Waals surface area contributed by atoms with Crippen molar-refractivity contribution >= 4 is 5.69 Å². The summed E-state index contributed by atoms with van der Waals surface area (Å²) >= 11 is 0. The minimum atomic E-state index is 0.244. The number of aromatic hydroxyl groups is 1. The van der Waals surface area contributed by atoms with Gasteiger partial charge in [0.2, 0.25) is 0 Å². The van der Waals surface area contributed by atoms with E-state index in [1.807, 2.05) is 11.9 Å². The number of hydrogen-bond acceptors (Lipinski definition) is 4. The molecule has 0 bridgehead atoms. The zero-order chi connectivity index (χ0) is 11.3. The van der Waals surface area contributed by atoms with Gasteiger partial charge in [-0.1, -0.05) is 0 Å². The number of hydrogen-bond donors (Lipinski definition) is 2. The molecular weight excluding hydrogens is 190 g/mol. The van der Waals surface area contributed by atoms with Crippen molar-refractivity contribution in [1.29, 1.82) is 5.26 Å². The second kappa shape index (κ2) is 5.23. The van der Waals surface area contributed by atoms with Gasteiger partial charge in [0.05, 0.1) is 6.07 Å². The van der Waals surface area contributed by atoms with Gasteiger partial charge in [-0.15, -0.1) is 0 Å². The molecular formula is C11H15N3O. The fourth-order valence-electron chi connectivity index (χ4n) is 1.34. The Hall–Kier alpha value is -1.73. The molecule has 15 heavy (non-hydrogen) atoms. The fourth-order valence-corrected chi connectivity index (χ4v) is 1.34. The molecule has 1 rings (SSSR count). The Bertz CT molecular complexity index is 371. The molecule has 4 heteroatoms. The van der Waals surface area contributed by atoms with Crippen LogP contribution in [0.3, 0.4) is 0 Å². The molecule has 0 radical (unpaired) electrons. The van der Waals surface area contributed by atoms with Crippen molar-refractivity contribution < 1.29 is 5.11 Å². The van der Waals surface area contributed by atoms with Crippen molar-refractivity contribution in [3.8, 4) is 11.8 Å². The molecule has 0 aromatic heterocycles. The molecule has 0 atom stereocenters. The third kappa shape index (κ3) is 3.49. The maximum atomic E-state index is 9.56. The second-order valence-corrected chi connectivity index (χ2v) is 3.53. The molecule has 0 amide bonds. The second-order valence-electron chi connectivity index (χ2n) is 3.53. The zero-order valence-corrected chi connectivity index (χ0v) is 8.77. The van der Waals surface area contributed by atoms with Crippen LogP contribution in [0.5, 0.6) is 5.75 Å². The van der Waals surface area contributed by atoms with E-state index in [0.29, 0.717) is 25.2 Å². The first-order valence-corrected chi connectivity index (χ1v) is 4.76. The summed E-state index contributed by atoms with van der Waals surface area (Å²) in [6.45, 7) is 1.28. The number of nitriles is 1. The normalized spacial score (nSPS) is 10.2. The predicted molar refractivity (Wildman–Crippen MR) is 59.1 cm³/mol. The highest BCUT2D eigenvalue weighted by molar-refractivity contribution is 5.47. The molecule has 0 saturated heterocycles. The minimum Gasteiger partial charge on any atom is -0.508 e. The number of nitrogens with two attached hydrogens (primary N) is 1. The molecule has 1 aromatic rings. The van der Waals surface area contributed by atoms with Crippen LogP contribution in [0.1, 0.15) is 12.0 Å². The lowest BCUT2D eigenvalue weighted by atomic mass is 10.1. The molecule has 3 N–H and O–H groups in total. The number of phenols is 1. The van der Waals surface area contributed by atoms with Gasteiger partial charge in [-0.3, -0.25) is 0 Å². The molecule has 0 unspecified atom stereocenters. The van der Waals surface area contributed by atoms with Crippen LogP contribution in [0.15, 0.2) is 18.2 Å². The number of nitrogens with zero attached hydrogens (tertiary/aromatic N) is 2. The molecule has 0 saturated carbocycles. The predicted octanol–water partition coefficient (Wildman–Crippen LogP) is 1.32. The molecule has 80 valence electrons. The maximum absolute atomic E-state index is 9.56. The van der Waals surface area contributed by atoms with Crippen molar-refractivity contribution in [2.45, 2.75) is 13.0 Å². The van der Waals surface area contributed by atoms with Crippen LogP contribution in [-0.4, -0.2) is 23.6 Å². The summed E-state index contributed by atoms with van der Waals surface area (Å²) in [6.07, 6.45) is 0.486. The number of anilines is 1. The molecule has 0 fully saturated rings. The Balaban J connectivity index is 2.64. The topological polar surface area (TPSA) is 73.3 Å². The molecule has 0 aliphatic rings. The van der Waals surface area contributed by atoms with Crippen molar-refractivity contribution in [3.63, 3.8) is 0 Å². The van der Waals surface area contributed by atoms with Gasteiger partial charge in [0.15, 0.2) is 0 Å². The molecule has 1 aromatic carbocycles. The first-order chi connectivity index (χ1) is 7.13. The van der Waals surface area contributed by atoms with Crippen LogP contribution in [0.2, 0.25) is 0 Å². The number of nitrogen functional groups attached to an aromatic ring is 1. The lowest BCUT2D eigenvalue weighted by Gasteiger charge is -2.15. The average Bonchev–Trinajstić information content (AvgIpc) is 2.20. The summed E-state index contributed by atoms with van der Waals surface area (Å²) < 4.78 is 0. The SMILES string of the molecule is CN(CCC#N)Cc1cc(N)ccc1O. The maximum Gasteiger partial charge on any atom is 0.120 e. The van der Waals surface area contributed by atoms with Gasteiger partial charge >= 0.3 is 0 Å². The highest BCUT2D eigenvalue weighted by Crippen LogP contribution is 2.20. The van der Waals surface area contributed by atoms with Crippen molar-refractivity contribution in [2.24, 2.45) is 0 Å². The number of benzene rings is 1. The Morgan fingerprint density at radius 3 is 2.93 bits per heavy atom. The van der Waals surface area contributed by atoms with Crippen LogP contribution in [-0.2, 0) is 6.54 Å². The Morgan fingerprint density at radius 1 is 1.53 bits per heavy atom. The minimum absolute atomic E-state index is 0.244. The summed E-state index contributed by atoms with van der Waals surface area (Å²) in [4.78, 5) is 1.97. The lowest BCUT2D eigenvalue weighted by Crippen LogP contribution is -2.18. The van der Waals surface area contributed by atoms with Gasteiger partial charge in [-0.25, -0.2) is 0 Å². The van der Waals surface area contributed by atoms with Gasteiger partial charge in [0.1, 0.15) is 5.75 Å². The summed E-state index contributed by atoms with van der Waals surface area (Å²) in [7, 11) is 1.90. The third-order valence-corrected chi connectivity index (χ3v) is 2.15. The van der Waals surface area contributed by atoms with E-state index in [9.17, 15) is 5.11 Å². The number of rotatable bonds is 4. The van der Waals surface area contributed by atoms with E-state index in [-0.39, 0.29) is 5.75 Å². The molecule has 0 aliphatic heterocycles. The van der Waals surface area contributed by atoms with Crippen LogP contribution in [0.4, 0.5) is 5.69 Å². The van der Waals surface area contributed by atoms with Crippen LogP contribution < -0.4 is 5.73 Å². The monoisotopic (exact) mass is 205 g/mol. The average molecular weight is 205 g/mol. The molecule has 4 nitrogen and oxygen atoms in total. The van der Waals surface area contributed by atoms with Crippen molar-refractivity contribution in [2.75, 3.05) is 19.3 Å². The van der Waals surface area contributed by atoms with E-state index >= 15 is 0 Å². The van der Waals surface area contributed by atoms with Crippen molar-refractivity contribution in [1.82, 2.24) is 4.90 Å². The van der Waals surface area contributed by atoms with Gasteiger partial charge in [0.25, 0.3) is 0 Å². The third-order valence-electron chi connectivity index (χ3n) is 2.15. The molecule has 0 heterocycles. The van der Waals surface area contributed by atoms with E-state index in [4.69, 9.17) is 11.0 Å². The highest BCUT2D eigenvalue weighted by Gasteiger charge is 2.05. The summed E-state index contributed by atoms with van der Waals surface area (Å²) in [6, 6.07) is 7.08. The van der Waals surface area contributed by atoms with E-state index in [0.717, 1.165) is 5.56 Å². The lowest BCUT2D eigenvalue weighted by molar-refractivity contribution is 0.327. The fraction of sp³-hybridized carbons (Fsp3) is 0.364. The Morgan fingerprint density at radius 2 is 2.27 bits per heavy atom. The Kier molecular flexibility index (Phi) is 3.95. The quantitative estimate of drug-likeness (QED) is 0.574. The van der Waals surface area contributed by atoms with Crippen molar-refractivity contribution in [3.05, 3.63) is 23.8 Å². The van der Waals surface area contributed by atoms with Gasteiger partial charge in [-0.05, 0) is 25.2 Å². The molecule has 0 spiro atoms. The smallest absolute Gasteiger partial charge is 0.120 e. The van der Waals surface area contributed by atoms with E-state index in [1.165, 1.54) is 0 Å². The van der Waals surface area contributed by atoms with Gasteiger partial charge in [-0.2, -0.15) is 5.26 Å². The van der Waals surface area contributed by atoms with E-state index in [1.54, 1.807) is 18.2 Å².